The topological polar surface area (TPSA) is 76.1 Å². The van der Waals surface area contributed by atoms with Crippen molar-refractivity contribution >= 4 is 16.9 Å². The van der Waals surface area contributed by atoms with E-state index < -0.39 is 11.8 Å². The molecule has 8 heteroatoms. The quantitative estimate of drug-likeness (QED) is 0.227. The third-order valence-corrected chi connectivity index (χ3v) is 6.04. The molecule has 37 heavy (non-hydrogen) atoms. The fourth-order valence-electron chi connectivity index (χ4n) is 4.06. The second-order valence-electron chi connectivity index (χ2n) is 8.52. The Labute approximate surface area is 213 Å². The van der Waals surface area contributed by atoms with Gasteiger partial charge in [-0.25, -0.2) is 9.18 Å². The molecule has 0 spiro atoms. The minimum Gasteiger partial charge on any atom is -0.497 e. The first-order chi connectivity index (χ1) is 18.0. The van der Waals surface area contributed by atoms with Crippen molar-refractivity contribution in [3.05, 3.63) is 77.7 Å². The Bertz CT molecular complexity index is 1430. The highest BCUT2D eigenvalue weighted by Crippen LogP contribution is 2.48. The van der Waals surface area contributed by atoms with Gasteiger partial charge in [-0.3, -0.25) is 4.98 Å². The van der Waals surface area contributed by atoms with Crippen LogP contribution in [0.3, 0.4) is 0 Å². The molecular formula is C29H26FNO6. The molecule has 0 atom stereocenters. The Hall–Kier alpha value is -4.33. The average molecular weight is 504 g/mol. The molecule has 1 aliphatic carbocycles. The van der Waals surface area contributed by atoms with Crippen LogP contribution >= 0.6 is 0 Å². The standard InChI is InChI=1S/C29H26FNO6/c1-4-35-29(32)25-26(17-5-6-17)31-23-16-15-22(30)27(36-20-11-7-18(33-2)8-12-20)24(23)28(25)37-21-13-9-19(34-3)10-14-21/h7-17H,4-6H2,1-3H3. The Morgan fingerprint density at radius 1 is 0.838 bits per heavy atom. The third-order valence-electron chi connectivity index (χ3n) is 6.04. The lowest BCUT2D eigenvalue weighted by molar-refractivity contribution is 0.0522. The first-order valence-corrected chi connectivity index (χ1v) is 12.0. The Kier molecular flexibility index (Phi) is 6.81. The number of esters is 1. The van der Waals surface area contributed by atoms with E-state index in [1.807, 2.05) is 0 Å². The number of nitrogens with zero attached hydrogens (tertiary/aromatic N) is 1. The van der Waals surface area contributed by atoms with Crippen molar-refractivity contribution < 1.29 is 32.9 Å². The van der Waals surface area contributed by atoms with Crippen molar-refractivity contribution in [3.63, 3.8) is 0 Å². The molecule has 5 rings (SSSR count). The summed E-state index contributed by atoms with van der Waals surface area (Å²) in [6.45, 7) is 1.90. The van der Waals surface area contributed by atoms with Gasteiger partial charge in [-0.05, 0) is 80.4 Å². The molecule has 0 aliphatic heterocycles. The summed E-state index contributed by atoms with van der Waals surface area (Å²) in [5.74, 6) is 1.01. The van der Waals surface area contributed by atoms with Crippen molar-refractivity contribution in [3.8, 4) is 34.5 Å². The highest BCUT2D eigenvalue weighted by atomic mass is 19.1. The number of carbonyl (C=O) groups is 1. The molecule has 0 saturated heterocycles. The number of hydrogen-bond acceptors (Lipinski definition) is 7. The maximum atomic E-state index is 15.4. The molecule has 0 amide bonds. The van der Waals surface area contributed by atoms with Crippen LogP contribution in [0.15, 0.2) is 60.7 Å². The van der Waals surface area contributed by atoms with Gasteiger partial charge < -0.3 is 23.7 Å². The van der Waals surface area contributed by atoms with Gasteiger partial charge in [-0.2, -0.15) is 0 Å². The van der Waals surface area contributed by atoms with Crippen molar-refractivity contribution in [1.29, 1.82) is 0 Å². The van der Waals surface area contributed by atoms with E-state index in [2.05, 4.69) is 0 Å². The summed E-state index contributed by atoms with van der Waals surface area (Å²) in [5.41, 5.74) is 1.21. The molecular weight excluding hydrogens is 477 g/mol. The van der Waals surface area contributed by atoms with Crippen LogP contribution in [0.25, 0.3) is 10.9 Å². The van der Waals surface area contributed by atoms with Gasteiger partial charge in [0, 0.05) is 5.92 Å². The molecule has 190 valence electrons. The molecule has 1 aromatic heterocycles. The van der Waals surface area contributed by atoms with Gasteiger partial charge in [-0.1, -0.05) is 0 Å². The number of ether oxygens (including phenoxy) is 5. The molecule has 0 N–H and O–H groups in total. The first kappa shape index (κ1) is 24.4. The molecule has 3 aromatic carbocycles. The molecule has 0 bridgehead atoms. The average Bonchev–Trinajstić information content (AvgIpc) is 3.76. The number of carbonyl (C=O) groups excluding carboxylic acids is 1. The molecule has 1 fully saturated rings. The fraction of sp³-hybridized carbons (Fsp3) is 0.241. The van der Waals surface area contributed by atoms with E-state index in [9.17, 15) is 4.79 Å². The number of rotatable bonds is 9. The maximum Gasteiger partial charge on any atom is 0.343 e. The van der Waals surface area contributed by atoms with Crippen molar-refractivity contribution in [2.75, 3.05) is 20.8 Å². The Balaban J connectivity index is 1.74. The molecule has 7 nitrogen and oxygen atoms in total. The van der Waals surface area contributed by atoms with Crippen LogP contribution in [-0.2, 0) is 4.74 Å². The number of pyridine rings is 1. The first-order valence-electron chi connectivity index (χ1n) is 12.0. The van der Waals surface area contributed by atoms with E-state index in [0.717, 1.165) is 12.8 Å². The summed E-state index contributed by atoms with van der Waals surface area (Å²) >= 11 is 0. The monoisotopic (exact) mass is 503 g/mol. The number of halogens is 1. The predicted molar refractivity (Wildman–Crippen MR) is 136 cm³/mol. The van der Waals surface area contributed by atoms with E-state index in [0.29, 0.717) is 34.2 Å². The normalized spacial score (nSPS) is 12.8. The molecule has 0 radical (unpaired) electrons. The molecule has 4 aromatic rings. The molecule has 1 aliphatic rings. The number of benzene rings is 3. The van der Waals surface area contributed by atoms with Crippen molar-refractivity contribution in [1.82, 2.24) is 4.98 Å². The highest BCUT2D eigenvalue weighted by molar-refractivity contribution is 6.04. The lowest BCUT2D eigenvalue weighted by Gasteiger charge is -2.19. The van der Waals surface area contributed by atoms with Crippen LogP contribution in [0.4, 0.5) is 4.39 Å². The van der Waals surface area contributed by atoms with Crippen molar-refractivity contribution in [2.45, 2.75) is 25.7 Å². The summed E-state index contributed by atoms with van der Waals surface area (Å²) in [4.78, 5) is 18.0. The van der Waals surface area contributed by atoms with Gasteiger partial charge in [0.15, 0.2) is 17.3 Å². The Morgan fingerprint density at radius 2 is 1.38 bits per heavy atom. The number of hydrogen-bond donors (Lipinski definition) is 0. The van der Waals surface area contributed by atoms with Gasteiger partial charge in [0.2, 0.25) is 0 Å². The summed E-state index contributed by atoms with van der Waals surface area (Å²) in [7, 11) is 3.13. The summed E-state index contributed by atoms with van der Waals surface area (Å²) in [5, 5.41) is 0.235. The fourth-order valence-corrected chi connectivity index (χ4v) is 4.06. The number of methoxy groups -OCH3 is 2. The lowest BCUT2D eigenvalue weighted by Crippen LogP contribution is -2.12. The van der Waals surface area contributed by atoms with E-state index in [4.69, 9.17) is 28.7 Å². The summed E-state index contributed by atoms with van der Waals surface area (Å²) in [6, 6.07) is 16.5. The van der Waals surface area contributed by atoms with E-state index in [1.165, 1.54) is 6.07 Å². The second-order valence-corrected chi connectivity index (χ2v) is 8.52. The van der Waals surface area contributed by atoms with Crippen LogP contribution < -0.4 is 18.9 Å². The minimum absolute atomic E-state index is 0.0954. The van der Waals surface area contributed by atoms with E-state index >= 15 is 4.39 Å². The number of aromatic nitrogens is 1. The van der Waals surface area contributed by atoms with Gasteiger partial charge in [0.1, 0.15) is 28.6 Å². The SMILES string of the molecule is CCOC(=O)c1c(C2CC2)nc2ccc(F)c(Oc3ccc(OC)cc3)c2c1Oc1ccc(OC)cc1. The summed E-state index contributed by atoms with van der Waals surface area (Å²) < 4.78 is 43.5. The zero-order valence-corrected chi connectivity index (χ0v) is 20.7. The highest BCUT2D eigenvalue weighted by Gasteiger charge is 2.35. The van der Waals surface area contributed by atoms with Gasteiger partial charge in [0.05, 0.1) is 37.4 Å². The van der Waals surface area contributed by atoms with Crippen LogP contribution in [-0.4, -0.2) is 31.8 Å². The largest absolute Gasteiger partial charge is 0.497 e. The number of fused-ring (bicyclic) bond motifs is 1. The smallest absolute Gasteiger partial charge is 0.343 e. The minimum atomic E-state index is -0.626. The van der Waals surface area contributed by atoms with Gasteiger partial charge >= 0.3 is 5.97 Å². The van der Waals surface area contributed by atoms with Gasteiger partial charge in [0.25, 0.3) is 0 Å². The molecule has 0 unspecified atom stereocenters. The van der Waals surface area contributed by atoms with Crippen LogP contribution in [0.2, 0.25) is 0 Å². The summed E-state index contributed by atoms with van der Waals surface area (Å²) in [6.07, 6.45) is 1.78. The van der Waals surface area contributed by atoms with Crippen molar-refractivity contribution in [2.24, 2.45) is 0 Å². The molecule has 1 saturated carbocycles. The van der Waals surface area contributed by atoms with Crippen LogP contribution in [0.1, 0.15) is 41.7 Å². The lowest BCUT2D eigenvalue weighted by atomic mass is 10.0. The molecule has 1 heterocycles. The predicted octanol–water partition coefficient (Wildman–Crippen LogP) is 7.03. The van der Waals surface area contributed by atoms with Crippen LogP contribution in [0.5, 0.6) is 34.5 Å². The zero-order chi connectivity index (χ0) is 25.9. The van der Waals surface area contributed by atoms with E-state index in [1.54, 1.807) is 75.7 Å². The third kappa shape index (κ3) is 5.00. The second kappa shape index (κ2) is 10.3. The van der Waals surface area contributed by atoms with E-state index in [-0.39, 0.29) is 35.0 Å². The zero-order valence-electron chi connectivity index (χ0n) is 20.7. The maximum absolute atomic E-state index is 15.4. The van der Waals surface area contributed by atoms with Crippen LogP contribution in [0, 0.1) is 5.82 Å². The van der Waals surface area contributed by atoms with Gasteiger partial charge in [-0.15, -0.1) is 0 Å². The Morgan fingerprint density at radius 3 is 1.89 bits per heavy atom.